The fourth-order valence-electron chi connectivity index (χ4n) is 2.09. The van der Waals surface area contributed by atoms with E-state index in [0.717, 1.165) is 23.9 Å². The number of hydrogen-bond donors (Lipinski definition) is 1. The van der Waals surface area contributed by atoms with Crippen LogP contribution in [-0.4, -0.2) is 22.4 Å². The average molecular weight is 398 g/mol. The fourth-order valence-corrected chi connectivity index (χ4v) is 2.89. The molecule has 1 amide bonds. The first-order chi connectivity index (χ1) is 12.6. The maximum atomic E-state index is 12.7. The standard InChI is InChI=1S/C17H13F3N2O4S/c1-10(23)11-2-5-13(6-3-11)21-16(24)9-27-15-7-4-12(17(18,19)20)8-14(15)22(25)26/h2-8H,9H2,1H3,(H,21,24). The number of carbonyl (C=O) groups is 2. The van der Waals surface area contributed by atoms with Gasteiger partial charge in [0, 0.05) is 17.3 Å². The van der Waals surface area contributed by atoms with E-state index >= 15 is 0 Å². The van der Waals surface area contributed by atoms with Crippen molar-refractivity contribution in [1.82, 2.24) is 0 Å². The number of nitrogens with zero attached hydrogens (tertiary/aromatic N) is 1. The number of Topliss-reactive ketones (excluding diaryl/α,β-unsaturated/α-hetero) is 1. The second-order valence-corrected chi connectivity index (χ2v) is 6.42. The Morgan fingerprint density at radius 1 is 1.15 bits per heavy atom. The summed E-state index contributed by atoms with van der Waals surface area (Å²) in [5.41, 5.74) is -0.947. The van der Waals surface area contributed by atoms with E-state index in [1.165, 1.54) is 31.2 Å². The molecule has 0 aromatic heterocycles. The summed E-state index contributed by atoms with van der Waals surface area (Å²) in [6, 6.07) is 8.27. The Balaban J connectivity index is 2.06. The first kappa shape index (κ1) is 20.4. The molecule has 2 rings (SSSR count). The van der Waals surface area contributed by atoms with Crippen LogP contribution in [0.3, 0.4) is 0 Å². The number of carbonyl (C=O) groups excluding carboxylic acids is 2. The lowest BCUT2D eigenvalue weighted by molar-refractivity contribution is -0.388. The van der Waals surface area contributed by atoms with E-state index in [1.807, 2.05) is 0 Å². The number of halogens is 3. The van der Waals surface area contributed by atoms with Crippen LogP contribution in [0.15, 0.2) is 47.4 Å². The molecule has 0 spiro atoms. The lowest BCUT2D eigenvalue weighted by atomic mass is 10.1. The van der Waals surface area contributed by atoms with E-state index in [-0.39, 0.29) is 16.4 Å². The van der Waals surface area contributed by atoms with Gasteiger partial charge in [-0.25, -0.2) is 0 Å². The van der Waals surface area contributed by atoms with Crippen molar-refractivity contribution in [2.45, 2.75) is 18.0 Å². The van der Waals surface area contributed by atoms with Crippen molar-refractivity contribution in [3.05, 3.63) is 63.7 Å². The number of rotatable bonds is 6. The molecule has 0 unspecified atom stereocenters. The molecular weight excluding hydrogens is 385 g/mol. The number of alkyl halides is 3. The zero-order valence-electron chi connectivity index (χ0n) is 13.9. The molecule has 2 aromatic rings. The molecule has 1 N–H and O–H groups in total. The molecule has 0 saturated carbocycles. The number of hydrogen-bond acceptors (Lipinski definition) is 5. The Bertz CT molecular complexity index is 883. The lowest BCUT2D eigenvalue weighted by Crippen LogP contribution is -2.14. The number of nitro groups is 1. The summed E-state index contributed by atoms with van der Waals surface area (Å²) in [6.07, 6.45) is -4.70. The van der Waals surface area contributed by atoms with Crippen LogP contribution in [-0.2, 0) is 11.0 Å². The van der Waals surface area contributed by atoms with Gasteiger partial charge in [-0.3, -0.25) is 19.7 Å². The normalized spacial score (nSPS) is 11.1. The van der Waals surface area contributed by atoms with E-state index < -0.39 is 28.3 Å². The molecule has 0 radical (unpaired) electrons. The number of thioether (sulfide) groups is 1. The van der Waals surface area contributed by atoms with E-state index in [9.17, 15) is 32.9 Å². The van der Waals surface area contributed by atoms with Crippen molar-refractivity contribution < 1.29 is 27.7 Å². The third-order valence-electron chi connectivity index (χ3n) is 3.42. The minimum absolute atomic E-state index is 0.0462. The smallest absolute Gasteiger partial charge is 0.325 e. The van der Waals surface area contributed by atoms with Gasteiger partial charge in [0.05, 0.1) is 21.1 Å². The van der Waals surface area contributed by atoms with Crippen LogP contribution in [0.1, 0.15) is 22.8 Å². The average Bonchev–Trinajstić information content (AvgIpc) is 2.59. The second kappa shape index (κ2) is 8.21. The van der Waals surface area contributed by atoms with Gasteiger partial charge in [-0.1, -0.05) is 0 Å². The van der Waals surface area contributed by atoms with Crippen LogP contribution in [0.5, 0.6) is 0 Å². The minimum atomic E-state index is -4.70. The van der Waals surface area contributed by atoms with Crippen molar-refractivity contribution in [3.63, 3.8) is 0 Å². The number of nitrogens with one attached hydrogen (secondary N) is 1. The lowest BCUT2D eigenvalue weighted by Gasteiger charge is -2.09. The minimum Gasteiger partial charge on any atom is -0.325 e. The number of benzene rings is 2. The molecule has 0 saturated heterocycles. The summed E-state index contributed by atoms with van der Waals surface area (Å²) >= 11 is 0.755. The zero-order valence-corrected chi connectivity index (χ0v) is 14.7. The van der Waals surface area contributed by atoms with Crippen molar-refractivity contribution >= 4 is 34.8 Å². The van der Waals surface area contributed by atoms with Crippen molar-refractivity contribution in [1.29, 1.82) is 0 Å². The molecule has 142 valence electrons. The van der Waals surface area contributed by atoms with Crippen molar-refractivity contribution in [2.24, 2.45) is 0 Å². The molecular formula is C17H13F3N2O4S. The second-order valence-electron chi connectivity index (χ2n) is 5.41. The molecule has 0 aliphatic rings. The van der Waals surface area contributed by atoms with Crippen LogP contribution >= 0.6 is 11.8 Å². The largest absolute Gasteiger partial charge is 0.416 e. The number of nitro benzene ring substituents is 1. The predicted octanol–water partition coefficient (Wildman–Crippen LogP) is 4.55. The quantitative estimate of drug-likeness (QED) is 0.334. The molecule has 0 atom stereocenters. The number of anilines is 1. The van der Waals surface area contributed by atoms with E-state index in [2.05, 4.69) is 5.32 Å². The monoisotopic (exact) mass is 398 g/mol. The van der Waals surface area contributed by atoms with E-state index in [4.69, 9.17) is 0 Å². The Labute approximate surface area is 155 Å². The van der Waals surface area contributed by atoms with Crippen LogP contribution in [0.25, 0.3) is 0 Å². The van der Waals surface area contributed by atoms with Crippen LogP contribution < -0.4 is 5.32 Å². The Morgan fingerprint density at radius 3 is 2.30 bits per heavy atom. The fraction of sp³-hybridized carbons (Fsp3) is 0.176. The summed E-state index contributed by atoms with van der Waals surface area (Å²) in [5.74, 6) is -0.858. The number of ketones is 1. The Morgan fingerprint density at radius 2 is 1.78 bits per heavy atom. The first-order valence-corrected chi connectivity index (χ1v) is 8.46. The maximum Gasteiger partial charge on any atom is 0.416 e. The molecule has 0 aliphatic carbocycles. The Kier molecular flexibility index (Phi) is 6.21. The van der Waals surface area contributed by atoms with Gasteiger partial charge < -0.3 is 5.32 Å². The van der Waals surface area contributed by atoms with Gasteiger partial charge in [0.2, 0.25) is 5.91 Å². The van der Waals surface area contributed by atoms with E-state index in [1.54, 1.807) is 0 Å². The summed E-state index contributed by atoms with van der Waals surface area (Å²) in [5, 5.41) is 13.6. The van der Waals surface area contributed by atoms with Gasteiger partial charge in [-0.05, 0) is 43.3 Å². The van der Waals surface area contributed by atoms with Gasteiger partial charge in [0.15, 0.2) is 5.78 Å². The molecule has 0 bridgehead atoms. The molecule has 10 heteroatoms. The van der Waals surface area contributed by atoms with Gasteiger partial charge >= 0.3 is 6.18 Å². The van der Waals surface area contributed by atoms with Gasteiger partial charge in [0.1, 0.15) is 0 Å². The summed E-state index contributed by atoms with van der Waals surface area (Å²) in [4.78, 5) is 33.2. The molecule has 2 aromatic carbocycles. The van der Waals surface area contributed by atoms with Crippen LogP contribution in [0.2, 0.25) is 0 Å². The molecule has 0 heterocycles. The Hall–Kier alpha value is -2.88. The SMILES string of the molecule is CC(=O)c1ccc(NC(=O)CSc2ccc(C(F)(F)F)cc2[N+](=O)[O-])cc1. The highest BCUT2D eigenvalue weighted by Crippen LogP contribution is 2.36. The molecule has 27 heavy (non-hydrogen) atoms. The topological polar surface area (TPSA) is 89.3 Å². The summed E-state index contributed by atoms with van der Waals surface area (Å²) in [6.45, 7) is 1.40. The maximum absolute atomic E-state index is 12.7. The molecule has 0 aliphatic heterocycles. The van der Waals surface area contributed by atoms with Crippen molar-refractivity contribution in [3.8, 4) is 0 Å². The third-order valence-corrected chi connectivity index (χ3v) is 4.48. The highest BCUT2D eigenvalue weighted by Gasteiger charge is 2.33. The van der Waals surface area contributed by atoms with E-state index in [0.29, 0.717) is 17.3 Å². The van der Waals surface area contributed by atoms with Crippen LogP contribution in [0.4, 0.5) is 24.5 Å². The third kappa shape index (κ3) is 5.55. The van der Waals surface area contributed by atoms with Gasteiger partial charge in [-0.2, -0.15) is 13.2 Å². The van der Waals surface area contributed by atoms with Gasteiger partial charge in [0.25, 0.3) is 5.69 Å². The highest BCUT2D eigenvalue weighted by atomic mass is 32.2. The zero-order chi connectivity index (χ0) is 20.2. The first-order valence-electron chi connectivity index (χ1n) is 7.47. The summed E-state index contributed by atoms with van der Waals surface area (Å²) < 4.78 is 38.0. The van der Waals surface area contributed by atoms with Gasteiger partial charge in [-0.15, -0.1) is 11.8 Å². The van der Waals surface area contributed by atoms with Crippen molar-refractivity contribution in [2.75, 3.05) is 11.1 Å². The predicted molar refractivity (Wildman–Crippen MR) is 93.9 cm³/mol. The highest BCUT2D eigenvalue weighted by molar-refractivity contribution is 8.00. The molecule has 6 nitrogen and oxygen atoms in total. The summed E-state index contributed by atoms with van der Waals surface area (Å²) in [7, 11) is 0. The molecule has 0 fully saturated rings. The van der Waals surface area contributed by atoms with Crippen LogP contribution in [0, 0.1) is 10.1 Å². The number of amides is 1.